The number of carbonyl (C=O) groups is 1. The van der Waals surface area contributed by atoms with Gasteiger partial charge < -0.3 is 15.6 Å². The summed E-state index contributed by atoms with van der Waals surface area (Å²) in [7, 11) is 0. The highest BCUT2D eigenvalue weighted by Crippen LogP contribution is 2.20. The maximum atomic E-state index is 11.2. The Morgan fingerprint density at radius 2 is 2.17 bits per heavy atom. The Hall–Kier alpha value is -1.55. The molecule has 0 unspecified atom stereocenters. The number of para-hydroxylation sites is 1. The lowest BCUT2D eigenvalue weighted by Gasteiger charge is -2.33. The van der Waals surface area contributed by atoms with Crippen LogP contribution in [0.3, 0.4) is 0 Å². The molecule has 1 aliphatic heterocycles. The molecule has 0 saturated heterocycles. The van der Waals surface area contributed by atoms with Crippen LogP contribution in [0.1, 0.15) is 10.4 Å². The lowest BCUT2D eigenvalue weighted by molar-refractivity contribution is 0.0823. The number of fused-ring (bicyclic) bond motifs is 1. The largest absolute Gasteiger partial charge is 0.755 e. The molecular formula is C8H7N2O2-. The van der Waals surface area contributed by atoms with Crippen molar-refractivity contribution in [2.24, 2.45) is 0 Å². The molecule has 0 atom stereocenters. The minimum atomic E-state index is -0.468. The fraction of sp³-hybridized carbons (Fsp3) is 0.125. The van der Waals surface area contributed by atoms with E-state index in [1.54, 1.807) is 18.2 Å². The van der Waals surface area contributed by atoms with Gasteiger partial charge in [0.25, 0.3) is 0 Å². The molecule has 0 spiro atoms. The van der Waals surface area contributed by atoms with Gasteiger partial charge in [0, 0.05) is 5.69 Å². The molecule has 1 aromatic rings. The number of nitrogens with one attached hydrogen (secondary N) is 1. The predicted molar refractivity (Wildman–Crippen MR) is 44.5 cm³/mol. The molecule has 2 rings (SSSR count). The first-order valence-electron chi connectivity index (χ1n) is 3.61. The van der Waals surface area contributed by atoms with E-state index in [0.717, 1.165) is 5.69 Å². The third kappa shape index (κ3) is 0.931. The second-order valence-electron chi connectivity index (χ2n) is 2.56. The van der Waals surface area contributed by atoms with Crippen LogP contribution in [0.15, 0.2) is 24.3 Å². The molecule has 0 bridgehead atoms. The van der Waals surface area contributed by atoms with Crippen LogP contribution in [0.2, 0.25) is 0 Å². The average molecular weight is 163 g/mol. The fourth-order valence-electron chi connectivity index (χ4n) is 1.19. The van der Waals surface area contributed by atoms with Crippen LogP contribution in [-0.2, 0) is 0 Å². The van der Waals surface area contributed by atoms with Crippen LogP contribution in [-0.4, -0.2) is 17.6 Å². The van der Waals surface area contributed by atoms with Crippen LogP contribution in [0, 0.1) is 5.21 Å². The van der Waals surface area contributed by atoms with Crippen molar-refractivity contribution in [2.45, 2.75) is 0 Å². The van der Waals surface area contributed by atoms with Crippen molar-refractivity contribution in [1.29, 1.82) is 0 Å². The Bertz CT molecular complexity index is 325. The van der Waals surface area contributed by atoms with Crippen molar-refractivity contribution < 1.29 is 4.79 Å². The van der Waals surface area contributed by atoms with Crippen molar-refractivity contribution >= 4 is 11.6 Å². The van der Waals surface area contributed by atoms with Crippen molar-refractivity contribution in [3.63, 3.8) is 0 Å². The van der Waals surface area contributed by atoms with Crippen molar-refractivity contribution in [2.75, 3.05) is 12.0 Å². The Morgan fingerprint density at radius 3 is 3.00 bits per heavy atom. The summed E-state index contributed by atoms with van der Waals surface area (Å²) in [6.45, 7) is 0.0375. The molecule has 1 N–H and O–H groups in total. The molecule has 12 heavy (non-hydrogen) atoms. The molecule has 0 aromatic heterocycles. The van der Waals surface area contributed by atoms with Gasteiger partial charge in [-0.25, -0.2) is 0 Å². The van der Waals surface area contributed by atoms with E-state index in [9.17, 15) is 10.0 Å². The summed E-state index contributed by atoms with van der Waals surface area (Å²) in [5.74, 6) is -0.468. The quantitative estimate of drug-likeness (QED) is 0.621. The monoisotopic (exact) mass is 163 g/mol. The molecule has 4 heteroatoms. The normalized spacial score (nSPS) is 15.4. The van der Waals surface area contributed by atoms with Crippen molar-refractivity contribution in [1.82, 2.24) is 5.06 Å². The molecular weight excluding hydrogens is 156 g/mol. The first-order valence-corrected chi connectivity index (χ1v) is 3.61. The average Bonchev–Trinajstić information content (AvgIpc) is 2.12. The zero-order valence-corrected chi connectivity index (χ0v) is 6.28. The maximum Gasteiger partial charge on any atom is 0.246 e. The standard InChI is InChI=1S/C8H7N2O2/c11-8-6-3-1-2-4-7(6)9-5-10(8)12/h1-4,9H,5H2/q-1. The number of hydrogen-bond donors (Lipinski definition) is 1. The summed E-state index contributed by atoms with van der Waals surface area (Å²) >= 11 is 0. The van der Waals surface area contributed by atoms with Crippen LogP contribution in [0.25, 0.3) is 0 Å². The summed E-state index contributed by atoms with van der Waals surface area (Å²) in [5, 5.41) is 14.1. The third-order valence-electron chi connectivity index (χ3n) is 1.80. The van der Waals surface area contributed by atoms with E-state index in [1.165, 1.54) is 0 Å². The predicted octanol–water partition coefficient (Wildman–Crippen LogP) is 1.01. The molecule has 62 valence electrons. The van der Waals surface area contributed by atoms with Gasteiger partial charge in [-0.3, -0.25) is 4.79 Å². The van der Waals surface area contributed by atoms with Gasteiger partial charge in [0.15, 0.2) is 0 Å². The van der Waals surface area contributed by atoms with E-state index < -0.39 is 5.91 Å². The van der Waals surface area contributed by atoms with E-state index in [1.807, 2.05) is 6.07 Å². The summed E-state index contributed by atoms with van der Waals surface area (Å²) in [6.07, 6.45) is 0. The van der Waals surface area contributed by atoms with Crippen LogP contribution < -0.4 is 5.32 Å². The zero-order chi connectivity index (χ0) is 8.55. The van der Waals surface area contributed by atoms with Gasteiger partial charge in [-0.05, 0) is 12.1 Å². The second-order valence-corrected chi connectivity index (χ2v) is 2.56. The number of hydroxylamine groups is 2. The van der Waals surface area contributed by atoms with Gasteiger partial charge in [0.2, 0.25) is 5.91 Å². The molecule has 1 aliphatic rings. The zero-order valence-electron chi connectivity index (χ0n) is 6.28. The minimum Gasteiger partial charge on any atom is -0.755 e. The van der Waals surface area contributed by atoms with Gasteiger partial charge in [-0.1, -0.05) is 12.1 Å². The molecule has 0 fully saturated rings. The Balaban J connectivity index is 2.49. The van der Waals surface area contributed by atoms with Gasteiger partial charge in [-0.2, -0.15) is 0 Å². The highest BCUT2D eigenvalue weighted by molar-refractivity contribution is 6.01. The number of anilines is 1. The first kappa shape index (κ1) is 7.12. The van der Waals surface area contributed by atoms with E-state index in [0.29, 0.717) is 10.6 Å². The Morgan fingerprint density at radius 1 is 1.42 bits per heavy atom. The van der Waals surface area contributed by atoms with Crippen molar-refractivity contribution in [3.8, 4) is 0 Å². The van der Waals surface area contributed by atoms with E-state index in [-0.39, 0.29) is 6.67 Å². The summed E-state index contributed by atoms with van der Waals surface area (Å²) < 4.78 is 0. The molecule has 1 amide bonds. The highest BCUT2D eigenvalue weighted by Gasteiger charge is 2.16. The summed E-state index contributed by atoms with van der Waals surface area (Å²) in [5.41, 5.74) is 1.17. The van der Waals surface area contributed by atoms with Gasteiger partial charge >= 0.3 is 0 Å². The summed E-state index contributed by atoms with van der Waals surface area (Å²) in [6, 6.07) is 6.96. The second kappa shape index (κ2) is 2.49. The highest BCUT2D eigenvalue weighted by atomic mass is 16.5. The van der Waals surface area contributed by atoms with Gasteiger partial charge in [0.1, 0.15) is 0 Å². The first-order chi connectivity index (χ1) is 5.79. The molecule has 1 aromatic carbocycles. The van der Waals surface area contributed by atoms with Crippen molar-refractivity contribution in [3.05, 3.63) is 35.0 Å². The topological polar surface area (TPSA) is 55.4 Å². The molecule has 0 radical (unpaired) electrons. The van der Waals surface area contributed by atoms with Crippen LogP contribution in [0.4, 0.5) is 5.69 Å². The Labute approximate surface area is 69.4 Å². The summed E-state index contributed by atoms with van der Waals surface area (Å²) in [4.78, 5) is 11.2. The van der Waals surface area contributed by atoms with E-state index in [2.05, 4.69) is 5.32 Å². The number of nitrogens with zero attached hydrogens (tertiary/aromatic N) is 1. The SMILES string of the molecule is O=C1c2ccccc2NCN1[O-]. The number of hydrogen-bond acceptors (Lipinski definition) is 3. The fourth-order valence-corrected chi connectivity index (χ4v) is 1.19. The number of amides is 1. The maximum absolute atomic E-state index is 11.2. The smallest absolute Gasteiger partial charge is 0.246 e. The van der Waals surface area contributed by atoms with Crippen LogP contribution in [0.5, 0.6) is 0 Å². The third-order valence-corrected chi connectivity index (χ3v) is 1.80. The van der Waals surface area contributed by atoms with Gasteiger partial charge in [0.05, 0.1) is 12.2 Å². The minimum absolute atomic E-state index is 0.0375. The van der Waals surface area contributed by atoms with E-state index >= 15 is 0 Å². The lowest BCUT2D eigenvalue weighted by Crippen LogP contribution is -2.35. The molecule has 0 aliphatic carbocycles. The number of carbonyl (C=O) groups excluding carboxylic acids is 1. The molecule has 1 heterocycles. The molecule has 0 saturated carbocycles. The van der Waals surface area contributed by atoms with Crippen LogP contribution >= 0.6 is 0 Å². The lowest BCUT2D eigenvalue weighted by atomic mass is 10.1. The van der Waals surface area contributed by atoms with Gasteiger partial charge in [-0.15, -0.1) is 0 Å². The number of rotatable bonds is 0. The molecule has 4 nitrogen and oxygen atoms in total. The van der Waals surface area contributed by atoms with E-state index in [4.69, 9.17) is 0 Å². The number of benzene rings is 1. The Kier molecular flexibility index (Phi) is 1.48.